The van der Waals surface area contributed by atoms with E-state index in [1.165, 1.54) is 19.3 Å². The maximum absolute atomic E-state index is 2.57. The first kappa shape index (κ1) is 15.4. The molecule has 2 fully saturated rings. The van der Waals surface area contributed by atoms with Gasteiger partial charge in [0.05, 0.1) is 0 Å². The summed E-state index contributed by atoms with van der Waals surface area (Å²) < 4.78 is 0. The molecule has 0 aromatic rings. The minimum absolute atomic E-state index is 0.887. The van der Waals surface area contributed by atoms with Crippen molar-refractivity contribution in [1.82, 2.24) is 0 Å². The molecule has 2 aliphatic carbocycles. The van der Waals surface area contributed by atoms with E-state index < -0.39 is 0 Å². The Morgan fingerprint density at radius 3 is 1.84 bits per heavy atom. The van der Waals surface area contributed by atoms with Gasteiger partial charge in [-0.05, 0) is 66.1 Å². The average Bonchev–Trinajstić information content (AvgIpc) is 2.31. The van der Waals surface area contributed by atoms with Crippen LogP contribution >= 0.6 is 0 Å². The zero-order valence-corrected chi connectivity index (χ0v) is 14.3. The monoisotopic (exact) mass is 264 g/mol. The Morgan fingerprint density at radius 1 is 0.842 bits per heavy atom. The molecule has 19 heavy (non-hydrogen) atoms. The van der Waals surface area contributed by atoms with Crippen molar-refractivity contribution in [2.24, 2.45) is 53.3 Å². The highest BCUT2D eigenvalue weighted by atomic mass is 14.5. The predicted molar refractivity (Wildman–Crippen MR) is 85.0 cm³/mol. The van der Waals surface area contributed by atoms with Crippen molar-refractivity contribution in [1.29, 1.82) is 0 Å². The first-order valence-electron chi connectivity index (χ1n) is 8.88. The Morgan fingerprint density at radius 2 is 1.42 bits per heavy atom. The molecule has 8 atom stereocenters. The third-order valence-corrected chi connectivity index (χ3v) is 7.16. The Bertz CT molecular complexity index is 292. The quantitative estimate of drug-likeness (QED) is 0.582. The summed E-state index contributed by atoms with van der Waals surface area (Å²) in [5, 5.41) is 0. The number of hydrogen-bond acceptors (Lipinski definition) is 0. The van der Waals surface area contributed by atoms with E-state index in [1.807, 2.05) is 0 Å². The second-order valence-corrected chi connectivity index (χ2v) is 8.37. The van der Waals surface area contributed by atoms with Gasteiger partial charge in [0.25, 0.3) is 0 Å². The van der Waals surface area contributed by atoms with Crippen molar-refractivity contribution in [2.45, 2.75) is 67.7 Å². The third kappa shape index (κ3) is 2.61. The SMILES string of the molecule is CCC1C(C)CC1C(C)C(C)C1C(C)CC1C(C)C. The standard InChI is InChI=1S/C19H36/c1-8-16-12(4)9-18(16)14(6)15(7)19-13(5)10-17(19)11(2)3/h11-19H,8-10H2,1-7H3. The van der Waals surface area contributed by atoms with Crippen LogP contribution < -0.4 is 0 Å². The van der Waals surface area contributed by atoms with Crippen molar-refractivity contribution >= 4 is 0 Å². The second kappa shape index (κ2) is 5.78. The number of hydrogen-bond donors (Lipinski definition) is 0. The molecule has 0 spiro atoms. The van der Waals surface area contributed by atoms with Gasteiger partial charge in [-0.15, -0.1) is 0 Å². The van der Waals surface area contributed by atoms with Gasteiger partial charge in [-0.2, -0.15) is 0 Å². The van der Waals surface area contributed by atoms with Crippen LogP contribution in [0, 0.1) is 53.3 Å². The lowest BCUT2D eigenvalue weighted by Gasteiger charge is -2.54. The molecule has 0 heterocycles. The first-order valence-corrected chi connectivity index (χ1v) is 8.88. The van der Waals surface area contributed by atoms with Gasteiger partial charge in [0, 0.05) is 0 Å². The minimum Gasteiger partial charge on any atom is -0.0651 e. The molecule has 0 N–H and O–H groups in total. The van der Waals surface area contributed by atoms with Crippen LogP contribution in [-0.2, 0) is 0 Å². The van der Waals surface area contributed by atoms with Crippen LogP contribution in [0.3, 0.4) is 0 Å². The van der Waals surface area contributed by atoms with E-state index in [2.05, 4.69) is 48.5 Å². The van der Waals surface area contributed by atoms with Crippen molar-refractivity contribution in [3.05, 3.63) is 0 Å². The van der Waals surface area contributed by atoms with Gasteiger partial charge in [0.15, 0.2) is 0 Å². The summed E-state index contributed by atoms with van der Waals surface area (Å²) >= 11 is 0. The molecule has 0 heteroatoms. The summed E-state index contributed by atoms with van der Waals surface area (Å²) in [6, 6.07) is 0. The van der Waals surface area contributed by atoms with Gasteiger partial charge >= 0.3 is 0 Å². The van der Waals surface area contributed by atoms with Crippen LogP contribution in [0.25, 0.3) is 0 Å². The maximum Gasteiger partial charge on any atom is -0.0329 e. The minimum atomic E-state index is 0.887. The molecular weight excluding hydrogens is 228 g/mol. The summed E-state index contributed by atoms with van der Waals surface area (Å²) in [5.41, 5.74) is 0. The average molecular weight is 264 g/mol. The molecule has 2 saturated carbocycles. The molecule has 8 unspecified atom stereocenters. The van der Waals surface area contributed by atoms with Crippen molar-refractivity contribution < 1.29 is 0 Å². The summed E-state index contributed by atoms with van der Waals surface area (Å²) in [6.45, 7) is 17.3. The van der Waals surface area contributed by atoms with Crippen LogP contribution in [-0.4, -0.2) is 0 Å². The highest BCUT2D eigenvalue weighted by Crippen LogP contribution is 2.55. The van der Waals surface area contributed by atoms with Crippen molar-refractivity contribution in [3.8, 4) is 0 Å². The van der Waals surface area contributed by atoms with E-state index in [4.69, 9.17) is 0 Å². The van der Waals surface area contributed by atoms with Gasteiger partial charge < -0.3 is 0 Å². The fourth-order valence-electron chi connectivity index (χ4n) is 5.65. The van der Waals surface area contributed by atoms with Crippen LogP contribution in [0.5, 0.6) is 0 Å². The van der Waals surface area contributed by atoms with Gasteiger partial charge in [-0.1, -0.05) is 54.9 Å². The molecule has 112 valence electrons. The molecule has 0 amide bonds. The summed E-state index contributed by atoms with van der Waals surface area (Å²) in [5.74, 6) is 8.78. The predicted octanol–water partition coefficient (Wildman–Crippen LogP) is 5.87. The highest BCUT2D eigenvalue weighted by molar-refractivity contribution is 4.97. The largest absolute Gasteiger partial charge is 0.0651 e. The molecule has 0 aromatic heterocycles. The molecule has 2 aliphatic rings. The zero-order chi connectivity index (χ0) is 14.3. The molecule has 0 bridgehead atoms. The van der Waals surface area contributed by atoms with Gasteiger partial charge in [-0.3, -0.25) is 0 Å². The van der Waals surface area contributed by atoms with Gasteiger partial charge in [0.2, 0.25) is 0 Å². The molecule has 0 saturated heterocycles. The molecule has 2 rings (SSSR count). The summed E-state index contributed by atoms with van der Waals surface area (Å²) in [4.78, 5) is 0. The molecule has 0 nitrogen and oxygen atoms in total. The lowest BCUT2D eigenvalue weighted by Crippen LogP contribution is -2.48. The lowest BCUT2D eigenvalue weighted by atomic mass is 9.51. The fraction of sp³-hybridized carbons (Fsp3) is 1.00. The highest BCUT2D eigenvalue weighted by Gasteiger charge is 2.48. The van der Waals surface area contributed by atoms with Gasteiger partial charge in [-0.25, -0.2) is 0 Å². The maximum atomic E-state index is 2.57. The summed E-state index contributed by atoms with van der Waals surface area (Å²) in [6.07, 6.45) is 4.38. The van der Waals surface area contributed by atoms with Crippen molar-refractivity contribution in [3.63, 3.8) is 0 Å². The molecule has 0 radical (unpaired) electrons. The van der Waals surface area contributed by atoms with Crippen LogP contribution in [0.2, 0.25) is 0 Å². The van der Waals surface area contributed by atoms with Crippen molar-refractivity contribution in [2.75, 3.05) is 0 Å². The van der Waals surface area contributed by atoms with Crippen LogP contribution in [0.15, 0.2) is 0 Å². The van der Waals surface area contributed by atoms with Crippen LogP contribution in [0.1, 0.15) is 67.7 Å². The smallest absolute Gasteiger partial charge is 0.0329 e. The van der Waals surface area contributed by atoms with Crippen LogP contribution in [0.4, 0.5) is 0 Å². The first-order chi connectivity index (χ1) is 8.88. The van der Waals surface area contributed by atoms with Gasteiger partial charge in [0.1, 0.15) is 0 Å². The Labute approximate surface area is 121 Å². The zero-order valence-electron chi connectivity index (χ0n) is 14.3. The molecule has 0 aromatic carbocycles. The topological polar surface area (TPSA) is 0 Å². The Kier molecular flexibility index (Phi) is 4.68. The van der Waals surface area contributed by atoms with E-state index >= 15 is 0 Å². The van der Waals surface area contributed by atoms with E-state index in [0.717, 1.165) is 53.3 Å². The lowest BCUT2D eigenvalue weighted by molar-refractivity contribution is -0.0581. The van der Waals surface area contributed by atoms with E-state index in [-0.39, 0.29) is 0 Å². The fourth-order valence-corrected chi connectivity index (χ4v) is 5.65. The normalized spacial score (nSPS) is 45.5. The summed E-state index contributed by atoms with van der Waals surface area (Å²) in [7, 11) is 0. The third-order valence-electron chi connectivity index (χ3n) is 7.16. The van der Waals surface area contributed by atoms with E-state index in [9.17, 15) is 0 Å². The second-order valence-electron chi connectivity index (χ2n) is 8.37. The molecule has 0 aliphatic heterocycles. The Hall–Kier alpha value is 0. The van der Waals surface area contributed by atoms with E-state index in [1.54, 1.807) is 0 Å². The number of rotatable bonds is 5. The molecular formula is C19H36. The Balaban J connectivity index is 1.97. The van der Waals surface area contributed by atoms with E-state index in [0.29, 0.717) is 0 Å².